The maximum absolute atomic E-state index is 12.2. The number of thiophene rings is 1. The molecule has 20 heavy (non-hydrogen) atoms. The first-order chi connectivity index (χ1) is 9.38. The van der Waals surface area contributed by atoms with Gasteiger partial charge in [-0.25, -0.2) is 0 Å². The number of nitrogens with one attached hydrogen (secondary N) is 1. The average Bonchev–Trinajstić information content (AvgIpc) is 2.68. The molecule has 5 heteroatoms. The van der Waals surface area contributed by atoms with Gasteiger partial charge in [-0.1, -0.05) is 11.6 Å². The fourth-order valence-corrected chi connectivity index (χ4v) is 3.32. The zero-order chi connectivity index (χ0) is 14.9. The van der Waals surface area contributed by atoms with Crippen LogP contribution in [0.1, 0.15) is 38.6 Å². The van der Waals surface area contributed by atoms with E-state index in [-0.39, 0.29) is 23.3 Å². The lowest BCUT2D eigenvalue weighted by Crippen LogP contribution is -2.26. The molecule has 0 fully saturated rings. The number of aryl methyl sites for hydroxylation is 2. The normalized spacial score (nSPS) is 12.2. The number of phenolic OH excluding ortho intramolecular Hbond substituents is 1. The first-order valence-corrected chi connectivity index (χ1v) is 7.44. The Morgan fingerprint density at radius 2 is 2.05 bits per heavy atom. The van der Waals surface area contributed by atoms with Crippen molar-refractivity contribution in [1.29, 1.82) is 0 Å². The van der Waals surface area contributed by atoms with E-state index in [1.165, 1.54) is 21.9 Å². The molecule has 1 heterocycles. The van der Waals surface area contributed by atoms with E-state index in [2.05, 4.69) is 11.4 Å². The molecule has 0 radical (unpaired) electrons. The van der Waals surface area contributed by atoms with Crippen LogP contribution in [-0.4, -0.2) is 11.0 Å². The van der Waals surface area contributed by atoms with Crippen LogP contribution >= 0.6 is 22.9 Å². The lowest BCUT2D eigenvalue weighted by Gasteiger charge is -2.14. The molecule has 0 saturated carbocycles. The Morgan fingerprint density at radius 3 is 2.60 bits per heavy atom. The molecule has 0 aliphatic rings. The van der Waals surface area contributed by atoms with Crippen molar-refractivity contribution in [1.82, 2.24) is 5.32 Å². The van der Waals surface area contributed by atoms with Gasteiger partial charge < -0.3 is 10.4 Å². The largest absolute Gasteiger partial charge is 0.507 e. The summed E-state index contributed by atoms with van der Waals surface area (Å²) in [7, 11) is 0. The van der Waals surface area contributed by atoms with Crippen LogP contribution in [-0.2, 0) is 0 Å². The molecule has 2 rings (SSSR count). The second kappa shape index (κ2) is 5.85. The smallest absolute Gasteiger partial charge is 0.255 e. The fraction of sp³-hybridized carbons (Fsp3) is 0.267. The van der Waals surface area contributed by atoms with Crippen LogP contribution in [0, 0.1) is 13.8 Å². The molecular weight excluding hydrogens is 294 g/mol. The first kappa shape index (κ1) is 14.9. The lowest BCUT2D eigenvalue weighted by atomic mass is 10.1. The Hall–Kier alpha value is -1.52. The van der Waals surface area contributed by atoms with Crippen LogP contribution in [0.5, 0.6) is 5.75 Å². The number of aromatic hydroxyl groups is 1. The third kappa shape index (κ3) is 3.14. The molecule has 0 saturated heterocycles. The van der Waals surface area contributed by atoms with E-state index in [9.17, 15) is 9.90 Å². The monoisotopic (exact) mass is 309 g/mol. The van der Waals surface area contributed by atoms with E-state index in [0.29, 0.717) is 5.02 Å². The van der Waals surface area contributed by atoms with E-state index in [1.807, 2.05) is 20.8 Å². The van der Waals surface area contributed by atoms with Crippen LogP contribution < -0.4 is 5.32 Å². The number of benzene rings is 1. The van der Waals surface area contributed by atoms with Crippen molar-refractivity contribution < 1.29 is 9.90 Å². The van der Waals surface area contributed by atoms with Gasteiger partial charge in [0.2, 0.25) is 0 Å². The number of phenols is 1. The number of carbonyl (C=O) groups excluding carboxylic acids is 1. The Morgan fingerprint density at radius 1 is 1.35 bits per heavy atom. The predicted octanol–water partition coefficient (Wildman–Crippen LogP) is 4.21. The Kier molecular flexibility index (Phi) is 4.35. The van der Waals surface area contributed by atoms with Gasteiger partial charge in [0.15, 0.2) is 0 Å². The van der Waals surface area contributed by atoms with Gasteiger partial charge in [-0.15, -0.1) is 11.3 Å². The maximum Gasteiger partial charge on any atom is 0.255 e. The molecule has 0 aliphatic heterocycles. The minimum Gasteiger partial charge on any atom is -0.507 e. The molecule has 1 unspecified atom stereocenters. The van der Waals surface area contributed by atoms with E-state index < -0.39 is 0 Å². The van der Waals surface area contributed by atoms with Crippen molar-refractivity contribution in [2.45, 2.75) is 26.8 Å². The highest BCUT2D eigenvalue weighted by molar-refractivity contribution is 7.12. The number of halogens is 1. The second-order valence-corrected chi connectivity index (χ2v) is 6.62. The van der Waals surface area contributed by atoms with Gasteiger partial charge in [0.05, 0.1) is 11.6 Å². The van der Waals surface area contributed by atoms with Gasteiger partial charge in [0.1, 0.15) is 5.75 Å². The predicted molar refractivity (Wildman–Crippen MR) is 82.8 cm³/mol. The Bertz CT molecular complexity index is 651. The lowest BCUT2D eigenvalue weighted by molar-refractivity contribution is 0.0937. The Balaban J connectivity index is 2.17. The van der Waals surface area contributed by atoms with Crippen molar-refractivity contribution in [2.24, 2.45) is 0 Å². The topological polar surface area (TPSA) is 49.3 Å². The maximum atomic E-state index is 12.2. The van der Waals surface area contributed by atoms with Crippen molar-refractivity contribution in [3.05, 3.63) is 50.2 Å². The molecule has 2 N–H and O–H groups in total. The summed E-state index contributed by atoms with van der Waals surface area (Å²) in [4.78, 5) is 14.6. The molecule has 0 bridgehead atoms. The summed E-state index contributed by atoms with van der Waals surface area (Å²) in [6.45, 7) is 6.01. The van der Waals surface area contributed by atoms with E-state index >= 15 is 0 Å². The zero-order valence-corrected chi connectivity index (χ0v) is 13.1. The van der Waals surface area contributed by atoms with Crippen molar-refractivity contribution in [2.75, 3.05) is 0 Å². The summed E-state index contributed by atoms with van der Waals surface area (Å²) >= 11 is 7.46. The van der Waals surface area contributed by atoms with Gasteiger partial charge in [-0.2, -0.15) is 0 Å². The molecule has 3 nitrogen and oxygen atoms in total. The first-order valence-electron chi connectivity index (χ1n) is 6.25. The number of carbonyl (C=O) groups is 1. The van der Waals surface area contributed by atoms with Crippen molar-refractivity contribution >= 4 is 28.8 Å². The van der Waals surface area contributed by atoms with Gasteiger partial charge in [0, 0.05) is 14.8 Å². The zero-order valence-electron chi connectivity index (χ0n) is 11.5. The molecule has 106 valence electrons. The summed E-state index contributed by atoms with van der Waals surface area (Å²) in [5, 5.41) is 13.1. The summed E-state index contributed by atoms with van der Waals surface area (Å²) in [6.07, 6.45) is 0. The van der Waals surface area contributed by atoms with Gasteiger partial charge in [0.25, 0.3) is 5.91 Å². The number of amides is 1. The SMILES string of the molecule is Cc1cc(C(C)NC(=O)c2ccc(Cl)cc2O)c(C)s1. The molecule has 0 spiro atoms. The molecular formula is C15H16ClNO2S. The number of hydrogen-bond donors (Lipinski definition) is 2. The third-order valence-corrected chi connectivity index (χ3v) is 4.31. The second-order valence-electron chi connectivity index (χ2n) is 4.73. The average molecular weight is 310 g/mol. The molecule has 1 amide bonds. The fourth-order valence-electron chi connectivity index (χ4n) is 2.13. The molecule has 1 aromatic carbocycles. The van der Waals surface area contributed by atoms with E-state index in [0.717, 1.165) is 5.56 Å². The summed E-state index contributed by atoms with van der Waals surface area (Å²) in [6, 6.07) is 6.43. The van der Waals surface area contributed by atoms with E-state index in [1.54, 1.807) is 17.4 Å². The highest BCUT2D eigenvalue weighted by Gasteiger charge is 2.17. The minimum atomic E-state index is -0.310. The summed E-state index contributed by atoms with van der Waals surface area (Å²) in [5.74, 6) is -0.421. The summed E-state index contributed by atoms with van der Waals surface area (Å²) in [5.41, 5.74) is 1.33. The van der Waals surface area contributed by atoms with Gasteiger partial charge >= 0.3 is 0 Å². The quantitative estimate of drug-likeness (QED) is 0.892. The molecule has 0 aliphatic carbocycles. The third-order valence-electron chi connectivity index (χ3n) is 3.10. The summed E-state index contributed by atoms with van der Waals surface area (Å²) < 4.78 is 0. The van der Waals surface area contributed by atoms with Crippen molar-refractivity contribution in [3.8, 4) is 5.75 Å². The van der Waals surface area contributed by atoms with Crippen LogP contribution in [0.15, 0.2) is 24.3 Å². The van der Waals surface area contributed by atoms with E-state index in [4.69, 9.17) is 11.6 Å². The number of hydrogen-bond acceptors (Lipinski definition) is 3. The molecule has 1 atom stereocenters. The van der Waals surface area contributed by atoms with Gasteiger partial charge in [-0.05, 0) is 50.6 Å². The van der Waals surface area contributed by atoms with Crippen LogP contribution in [0.25, 0.3) is 0 Å². The Labute approximate surface area is 127 Å². The highest BCUT2D eigenvalue weighted by atomic mass is 35.5. The highest BCUT2D eigenvalue weighted by Crippen LogP contribution is 2.27. The molecule has 2 aromatic rings. The number of rotatable bonds is 3. The van der Waals surface area contributed by atoms with Gasteiger partial charge in [-0.3, -0.25) is 4.79 Å². The van der Waals surface area contributed by atoms with Crippen LogP contribution in [0.2, 0.25) is 5.02 Å². The van der Waals surface area contributed by atoms with Crippen LogP contribution in [0.3, 0.4) is 0 Å². The van der Waals surface area contributed by atoms with Crippen molar-refractivity contribution in [3.63, 3.8) is 0 Å². The molecule has 1 aromatic heterocycles. The minimum absolute atomic E-state index is 0.109. The standard InChI is InChI=1S/C15H16ClNO2S/c1-8-6-13(10(3)20-8)9(2)17-15(19)12-5-4-11(16)7-14(12)18/h4-7,9,18H,1-3H3,(H,17,19). The van der Waals surface area contributed by atoms with Crippen LogP contribution in [0.4, 0.5) is 0 Å².